The molecule has 2 unspecified atom stereocenters. The summed E-state index contributed by atoms with van der Waals surface area (Å²) in [6, 6.07) is 49.6. The Morgan fingerprint density at radius 1 is 0.511 bits per heavy atom. The molecule has 0 fully saturated rings. The van der Waals surface area contributed by atoms with Crippen molar-refractivity contribution in [3.63, 3.8) is 0 Å². The van der Waals surface area contributed by atoms with Gasteiger partial charge in [0.15, 0.2) is 0 Å². The molecule has 0 N–H and O–H groups in total. The number of allylic oxidation sites excluding steroid dienone is 5. The molecule has 2 atom stereocenters. The van der Waals surface area contributed by atoms with Gasteiger partial charge in [0.2, 0.25) is 0 Å². The van der Waals surface area contributed by atoms with Crippen molar-refractivity contribution in [3.8, 4) is 33.4 Å². The van der Waals surface area contributed by atoms with Crippen molar-refractivity contribution < 1.29 is 0 Å². The molecule has 0 saturated carbocycles. The summed E-state index contributed by atoms with van der Waals surface area (Å²) >= 11 is 0. The fourth-order valence-electron chi connectivity index (χ4n) is 8.40. The number of benzene rings is 6. The van der Waals surface area contributed by atoms with Gasteiger partial charge in [-0.25, -0.2) is 0 Å². The maximum absolute atomic E-state index is 2.57. The third-order valence-electron chi connectivity index (χ3n) is 10.6. The van der Waals surface area contributed by atoms with Gasteiger partial charge in [0, 0.05) is 11.3 Å². The van der Waals surface area contributed by atoms with Crippen LogP contribution >= 0.6 is 0 Å². The lowest BCUT2D eigenvalue weighted by Crippen LogP contribution is -2.34. The van der Waals surface area contributed by atoms with Crippen LogP contribution in [0.25, 0.3) is 49.7 Å². The minimum absolute atomic E-state index is 0.111. The van der Waals surface area contributed by atoms with E-state index in [1.54, 1.807) is 0 Å². The molecule has 0 aliphatic heterocycles. The second kappa shape index (κ2) is 9.65. The van der Waals surface area contributed by atoms with Gasteiger partial charge >= 0.3 is 0 Å². The standard InChI is InChI=1S/C45H34/c1-28-25-38-40(31-17-9-5-10-18-31)42-41(37-26-33-23-24-34(33)37)36-22-14-13-21-35(36)39(30-15-7-4-8-16-30)43(42)44(32-19-11-6-12-20-32)45(38,3)27-29(28)2/h4-27,44H,1-3H3. The Hall–Kier alpha value is -5.20. The Bertz CT molecular complexity index is 2260. The van der Waals surface area contributed by atoms with Crippen molar-refractivity contribution in [2.24, 2.45) is 5.41 Å². The first-order valence-electron chi connectivity index (χ1n) is 16.1. The Morgan fingerprint density at radius 2 is 1.11 bits per heavy atom. The molecule has 214 valence electrons. The molecule has 0 radical (unpaired) electrons. The Morgan fingerprint density at radius 3 is 1.71 bits per heavy atom. The van der Waals surface area contributed by atoms with Crippen molar-refractivity contribution in [3.05, 3.63) is 185 Å². The van der Waals surface area contributed by atoms with Gasteiger partial charge in [0.05, 0.1) is 0 Å². The van der Waals surface area contributed by atoms with E-state index in [9.17, 15) is 0 Å². The average Bonchev–Trinajstić information content (AvgIpc) is 3.06. The van der Waals surface area contributed by atoms with E-state index in [1.807, 2.05) is 0 Å². The zero-order valence-corrected chi connectivity index (χ0v) is 25.9. The van der Waals surface area contributed by atoms with E-state index in [-0.39, 0.29) is 11.3 Å². The monoisotopic (exact) mass is 574 g/mol. The zero-order chi connectivity index (χ0) is 30.3. The van der Waals surface area contributed by atoms with Gasteiger partial charge in [-0.3, -0.25) is 0 Å². The first-order chi connectivity index (χ1) is 22.0. The molecule has 5 aromatic rings. The smallest absolute Gasteiger partial charge is 0.0232 e. The van der Waals surface area contributed by atoms with Crippen molar-refractivity contribution in [2.45, 2.75) is 26.7 Å². The Balaban J connectivity index is 1.57. The molecule has 0 aromatic heterocycles. The molecule has 0 heterocycles. The second-order valence-corrected chi connectivity index (χ2v) is 13.1. The minimum atomic E-state index is -0.263. The zero-order valence-electron chi connectivity index (χ0n) is 25.9. The minimum Gasteiger partial charge on any atom is -0.0700 e. The maximum Gasteiger partial charge on any atom is 0.0232 e. The van der Waals surface area contributed by atoms with Crippen LogP contribution in [-0.2, 0) is 0 Å². The predicted molar refractivity (Wildman–Crippen MR) is 190 cm³/mol. The number of rotatable bonds is 4. The highest BCUT2D eigenvalue weighted by Crippen LogP contribution is 2.64. The highest BCUT2D eigenvalue weighted by Gasteiger charge is 2.48. The SMILES string of the molecule is CC1=CC2=C(c3ccccc3)c3c(c(-c4ccccc4)c4ccccc4c3-c3cc4ccc3-4)C(c3ccccc3)C2(C)C=C1C. The van der Waals surface area contributed by atoms with E-state index in [1.165, 1.54) is 88.7 Å². The Kier molecular flexibility index (Phi) is 5.62. The molecule has 0 amide bonds. The topological polar surface area (TPSA) is 0 Å². The third kappa shape index (κ3) is 3.66. The molecule has 9 rings (SSSR count). The number of fused-ring (bicyclic) bond motifs is 4. The lowest BCUT2D eigenvalue weighted by atomic mass is 9.54. The highest BCUT2D eigenvalue weighted by atomic mass is 14.5. The van der Waals surface area contributed by atoms with Crippen LogP contribution in [0.2, 0.25) is 0 Å². The van der Waals surface area contributed by atoms with Crippen molar-refractivity contribution in [2.75, 3.05) is 0 Å². The lowest BCUT2D eigenvalue weighted by Gasteiger charge is -2.48. The van der Waals surface area contributed by atoms with Crippen molar-refractivity contribution in [1.29, 1.82) is 0 Å². The van der Waals surface area contributed by atoms with Gasteiger partial charge in [-0.2, -0.15) is 0 Å². The van der Waals surface area contributed by atoms with Gasteiger partial charge in [0.1, 0.15) is 0 Å². The van der Waals surface area contributed by atoms with E-state index in [0.717, 1.165) is 0 Å². The molecular weight excluding hydrogens is 540 g/mol. The van der Waals surface area contributed by atoms with E-state index in [0.29, 0.717) is 0 Å². The molecule has 4 aliphatic carbocycles. The molecule has 0 spiro atoms. The van der Waals surface area contributed by atoms with Crippen LogP contribution in [0.15, 0.2) is 162 Å². The quantitative estimate of drug-likeness (QED) is 0.196. The number of hydrogen-bond donors (Lipinski definition) is 0. The molecular formula is C45H34. The highest BCUT2D eigenvalue weighted by molar-refractivity contribution is 6.17. The fourth-order valence-corrected chi connectivity index (χ4v) is 8.40. The summed E-state index contributed by atoms with van der Waals surface area (Å²) in [4.78, 5) is 0. The summed E-state index contributed by atoms with van der Waals surface area (Å²) in [5.41, 5.74) is 18.8. The van der Waals surface area contributed by atoms with Gasteiger partial charge in [0.25, 0.3) is 0 Å². The van der Waals surface area contributed by atoms with E-state index >= 15 is 0 Å². The van der Waals surface area contributed by atoms with Gasteiger partial charge in [-0.05, 0) is 103 Å². The summed E-state index contributed by atoms with van der Waals surface area (Å²) in [7, 11) is 0. The summed E-state index contributed by atoms with van der Waals surface area (Å²) in [6.45, 7) is 7.04. The third-order valence-corrected chi connectivity index (χ3v) is 10.6. The summed E-state index contributed by atoms with van der Waals surface area (Å²) in [6.07, 6.45) is 5.07. The largest absolute Gasteiger partial charge is 0.0700 e. The lowest BCUT2D eigenvalue weighted by molar-refractivity contribution is 0.445. The van der Waals surface area contributed by atoms with Gasteiger partial charge in [-0.15, -0.1) is 0 Å². The van der Waals surface area contributed by atoms with Crippen LogP contribution in [0.4, 0.5) is 0 Å². The number of hydrogen-bond acceptors (Lipinski definition) is 0. The molecule has 5 aromatic carbocycles. The van der Waals surface area contributed by atoms with Crippen LogP contribution in [0.1, 0.15) is 48.9 Å². The normalized spacial score (nSPS) is 19.5. The van der Waals surface area contributed by atoms with Gasteiger partial charge in [-0.1, -0.05) is 152 Å². The molecule has 0 nitrogen and oxygen atoms in total. The van der Waals surface area contributed by atoms with Crippen LogP contribution < -0.4 is 0 Å². The molecule has 0 bridgehead atoms. The first kappa shape index (κ1) is 26.2. The predicted octanol–water partition coefficient (Wildman–Crippen LogP) is 12.0. The Labute approximate surface area is 265 Å². The fraction of sp³-hybridized carbons (Fsp3) is 0.111. The summed E-state index contributed by atoms with van der Waals surface area (Å²) in [5, 5.41) is 2.64. The maximum atomic E-state index is 2.57. The van der Waals surface area contributed by atoms with E-state index in [2.05, 4.69) is 166 Å². The van der Waals surface area contributed by atoms with Crippen molar-refractivity contribution in [1.82, 2.24) is 0 Å². The molecule has 0 saturated heterocycles. The van der Waals surface area contributed by atoms with Crippen molar-refractivity contribution >= 4 is 16.3 Å². The average molecular weight is 575 g/mol. The molecule has 4 aliphatic rings. The van der Waals surface area contributed by atoms with Crippen LogP contribution in [0.3, 0.4) is 0 Å². The van der Waals surface area contributed by atoms with Crippen LogP contribution in [0, 0.1) is 5.41 Å². The van der Waals surface area contributed by atoms with Gasteiger partial charge < -0.3 is 0 Å². The molecule has 0 heteroatoms. The first-order valence-corrected chi connectivity index (χ1v) is 16.1. The van der Waals surface area contributed by atoms with E-state index < -0.39 is 0 Å². The van der Waals surface area contributed by atoms with Crippen LogP contribution in [-0.4, -0.2) is 0 Å². The second-order valence-electron chi connectivity index (χ2n) is 13.1. The van der Waals surface area contributed by atoms with E-state index in [4.69, 9.17) is 0 Å². The van der Waals surface area contributed by atoms with Crippen LogP contribution in [0.5, 0.6) is 0 Å². The summed E-state index contributed by atoms with van der Waals surface area (Å²) in [5.74, 6) is 0.111. The summed E-state index contributed by atoms with van der Waals surface area (Å²) < 4.78 is 0. The molecule has 45 heavy (non-hydrogen) atoms.